The van der Waals surface area contributed by atoms with Gasteiger partial charge in [-0.2, -0.15) is 8.42 Å². The molecule has 10 nitrogen and oxygen atoms in total. The largest absolute Gasteiger partial charge is 0.378 e. The first-order chi connectivity index (χ1) is 19.1. The Bertz CT molecular complexity index is 1930. The van der Waals surface area contributed by atoms with Gasteiger partial charge in [-0.25, -0.2) is 14.4 Å². The van der Waals surface area contributed by atoms with Crippen LogP contribution in [0.2, 0.25) is 5.15 Å². The lowest BCUT2D eigenvalue weighted by Gasteiger charge is -2.27. The number of imidazole rings is 1. The number of aromatic nitrogens is 3. The van der Waals surface area contributed by atoms with Crippen molar-refractivity contribution in [1.82, 2.24) is 19.3 Å². The number of halogens is 2. The number of pyridine rings is 1. The van der Waals surface area contributed by atoms with E-state index in [-0.39, 0.29) is 27.5 Å². The molecule has 1 unspecified atom stereocenters. The molecule has 0 bridgehead atoms. The van der Waals surface area contributed by atoms with Gasteiger partial charge in [-0.1, -0.05) is 35.9 Å². The van der Waals surface area contributed by atoms with Crippen LogP contribution in [0.5, 0.6) is 5.75 Å². The predicted molar refractivity (Wildman–Crippen MR) is 147 cm³/mol. The quantitative estimate of drug-likeness (QED) is 0.292. The highest BCUT2D eigenvalue weighted by atomic mass is 35.5. The summed E-state index contributed by atoms with van der Waals surface area (Å²) >= 11 is 7.31. The fourth-order valence-corrected chi connectivity index (χ4v) is 6.92. The zero-order valence-corrected chi connectivity index (χ0v) is 22.9. The van der Waals surface area contributed by atoms with E-state index in [1.807, 2.05) is 0 Å². The second-order valence-electron chi connectivity index (χ2n) is 8.81. The maximum Gasteiger partial charge on any atom is 0.358 e. The van der Waals surface area contributed by atoms with Crippen LogP contribution in [0.4, 0.5) is 4.39 Å². The fraction of sp³-hybridized carbons (Fsp3) is 0.0769. The fourth-order valence-electron chi connectivity index (χ4n) is 4.56. The number of nitrogens with two attached hydrogens (primary N) is 1. The molecule has 0 radical (unpaired) electrons. The molecular weight excluding hydrogens is 579 g/mol. The molecule has 1 atom stereocenters. The smallest absolute Gasteiger partial charge is 0.358 e. The van der Waals surface area contributed by atoms with Gasteiger partial charge in [0.15, 0.2) is 21.6 Å². The lowest BCUT2D eigenvalue weighted by molar-refractivity contribution is -0.129. The first kappa shape index (κ1) is 25.9. The Morgan fingerprint density at radius 1 is 1.12 bits per heavy atom. The Hall–Kier alpha value is -4.33. The van der Waals surface area contributed by atoms with Crippen LogP contribution in [0.25, 0.3) is 16.1 Å². The normalized spacial score (nSPS) is 17.4. The highest BCUT2D eigenvalue weighted by Crippen LogP contribution is 2.41. The van der Waals surface area contributed by atoms with Crippen LogP contribution in [-0.4, -0.2) is 46.6 Å². The first-order valence-corrected chi connectivity index (χ1v) is 14.3. The van der Waals surface area contributed by atoms with Crippen molar-refractivity contribution >= 4 is 49.9 Å². The van der Waals surface area contributed by atoms with Gasteiger partial charge in [-0.3, -0.25) is 19.1 Å². The van der Waals surface area contributed by atoms with Crippen LogP contribution in [-0.2, 0) is 20.5 Å². The molecule has 1 aliphatic heterocycles. The standard InChI is InChI=1S/C26H18ClFN6O4S2/c1-33-23(35)26(32-24(33)29,17-6-9-20(28)19(13-17)15-3-2-10-30-14-15)16-4-7-18(8-5-16)38-40(36,37)22-21(27)31-25-34(22)11-12-39-25/h2-14H,1H3,(H2,29,32). The molecule has 6 rings (SSSR count). The number of thiazole rings is 1. The summed E-state index contributed by atoms with van der Waals surface area (Å²) in [6.45, 7) is 0. The number of guanidine groups is 1. The number of nitrogens with zero attached hydrogens (tertiary/aromatic N) is 5. The molecule has 1 aliphatic rings. The van der Waals surface area contributed by atoms with E-state index in [0.29, 0.717) is 21.7 Å². The number of likely N-dealkylation sites (N-methyl/N-ethyl adjacent to an activating group) is 1. The molecule has 0 saturated carbocycles. The molecule has 14 heteroatoms. The van der Waals surface area contributed by atoms with E-state index >= 15 is 0 Å². The number of amides is 1. The van der Waals surface area contributed by atoms with Gasteiger partial charge < -0.3 is 9.92 Å². The monoisotopic (exact) mass is 596 g/mol. The molecule has 202 valence electrons. The number of benzene rings is 2. The van der Waals surface area contributed by atoms with Gasteiger partial charge in [0.25, 0.3) is 5.91 Å². The number of carbonyl (C=O) groups excluding carboxylic acids is 1. The number of aliphatic imine (C=N–C) groups is 1. The van der Waals surface area contributed by atoms with E-state index in [0.717, 1.165) is 0 Å². The number of rotatable bonds is 6. The summed E-state index contributed by atoms with van der Waals surface area (Å²) in [5.41, 5.74) is 5.87. The summed E-state index contributed by atoms with van der Waals surface area (Å²) < 4.78 is 47.7. The summed E-state index contributed by atoms with van der Waals surface area (Å²) in [7, 11) is -2.88. The van der Waals surface area contributed by atoms with E-state index in [2.05, 4.69) is 15.0 Å². The number of hydrogen-bond acceptors (Lipinski definition) is 9. The van der Waals surface area contributed by atoms with Crippen molar-refractivity contribution in [2.75, 3.05) is 7.05 Å². The molecular formula is C26H18ClFN6O4S2. The van der Waals surface area contributed by atoms with Crippen LogP contribution in [0, 0.1) is 5.82 Å². The van der Waals surface area contributed by atoms with Gasteiger partial charge >= 0.3 is 10.1 Å². The third-order valence-electron chi connectivity index (χ3n) is 6.49. The molecule has 0 spiro atoms. The third-order valence-corrected chi connectivity index (χ3v) is 8.90. The highest BCUT2D eigenvalue weighted by molar-refractivity contribution is 7.87. The first-order valence-electron chi connectivity index (χ1n) is 11.6. The van der Waals surface area contributed by atoms with Crippen molar-refractivity contribution in [3.63, 3.8) is 0 Å². The van der Waals surface area contributed by atoms with Crippen molar-refractivity contribution in [2.24, 2.45) is 10.7 Å². The van der Waals surface area contributed by atoms with Crippen LogP contribution in [0.3, 0.4) is 0 Å². The SMILES string of the molecule is CN1C(=O)C(c2ccc(OS(=O)(=O)c3c(Cl)nc4sccn34)cc2)(c2ccc(F)c(-c3cccnc3)c2)N=C1N. The zero-order chi connectivity index (χ0) is 28.2. The summed E-state index contributed by atoms with van der Waals surface area (Å²) in [5, 5.41) is 1.15. The van der Waals surface area contributed by atoms with Crippen molar-refractivity contribution < 1.29 is 21.8 Å². The lowest BCUT2D eigenvalue weighted by Crippen LogP contribution is -2.41. The molecule has 4 heterocycles. The van der Waals surface area contributed by atoms with E-state index < -0.39 is 27.4 Å². The second-order valence-corrected chi connectivity index (χ2v) is 11.5. The van der Waals surface area contributed by atoms with E-state index in [4.69, 9.17) is 21.5 Å². The van der Waals surface area contributed by atoms with Gasteiger partial charge in [0.05, 0.1) is 0 Å². The Kier molecular flexibility index (Phi) is 6.09. The number of hydrogen-bond donors (Lipinski definition) is 1. The van der Waals surface area contributed by atoms with Crippen molar-refractivity contribution in [1.29, 1.82) is 0 Å². The predicted octanol–water partition coefficient (Wildman–Crippen LogP) is 4.05. The molecule has 1 amide bonds. The molecule has 2 N–H and O–H groups in total. The minimum Gasteiger partial charge on any atom is -0.378 e. The van der Waals surface area contributed by atoms with E-state index in [1.54, 1.807) is 23.7 Å². The Morgan fingerprint density at radius 3 is 2.55 bits per heavy atom. The topological polar surface area (TPSA) is 132 Å². The molecule has 40 heavy (non-hydrogen) atoms. The minimum absolute atomic E-state index is 0.0321. The van der Waals surface area contributed by atoms with Crippen molar-refractivity contribution in [3.8, 4) is 16.9 Å². The molecule has 0 fully saturated rings. The molecule has 3 aromatic heterocycles. The lowest BCUT2D eigenvalue weighted by atomic mass is 9.81. The van der Waals surface area contributed by atoms with Gasteiger partial charge in [-0.15, -0.1) is 11.3 Å². The molecule has 0 saturated heterocycles. The summed E-state index contributed by atoms with van der Waals surface area (Å²) in [5.74, 6) is -1.04. The Labute approximate surface area is 236 Å². The summed E-state index contributed by atoms with van der Waals surface area (Å²) in [6, 6.07) is 13.4. The van der Waals surface area contributed by atoms with Gasteiger partial charge in [0.1, 0.15) is 11.6 Å². The molecule has 2 aromatic carbocycles. The molecule has 0 aliphatic carbocycles. The number of carbonyl (C=O) groups is 1. The molecule has 5 aromatic rings. The van der Waals surface area contributed by atoms with Crippen LogP contribution in [0.15, 0.2) is 88.6 Å². The second kappa shape index (κ2) is 9.40. The van der Waals surface area contributed by atoms with Crippen molar-refractivity contribution in [2.45, 2.75) is 10.6 Å². The Balaban J connectivity index is 1.42. The highest BCUT2D eigenvalue weighted by Gasteiger charge is 2.49. The van der Waals surface area contributed by atoms with Gasteiger partial charge in [0.2, 0.25) is 5.03 Å². The minimum atomic E-state index is -4.36. The van der Waals surface area contributed by atoms with Crippen LogP contribution >= 0.6 is 22.9 Å². The summed E-state index contributed by atoms with van der Waals surface area (Å²) in [4.78, 5) is 27.9. The van der Waals surface area contributed by atoms with Gasteiger partial charge in [0, 0.05) is 42.1 Å². The third kappa shape index (κ3) is 4.01. The zero-order valence-electron chi connectivity index (χ0n) is 20.5. The van der Waals surface area contributed by atoms with E-state index in [1.165, 1.54) is 82.5 Å². The maximum absolute atomic E-state index is 14.9. The average molecular weight is 597 g/mol. The maximum atomic E-state index is 14.9. The van der Waals surface area contributed by atoms with E-state index in [9.17, 15) is 17.6 Å². The van der Waals surface area contributed by atoms with Crippen LogP contribution < -0.4 is 9.92 Å². The Morgan fingerprint density at radius 2 is 1.88 bits per heavy atom. The van der Waals surface area contributed by atoms with Crippen molar-refractivity contribution in [3.05, 3.63) is 101 Å². The summed E-state index contributed by atoms with van der Waals surface area (Å²) in [6.07, 6.45) is 4.61. The number of fused-ring (bicyclic) bond motifs is 1. The average Bonchev–Trinajstić information content (AvgIpc) is 3.58. The van der Waals surface area contributed by atoms with Crippen LogP contribution in [0.1, 0.15) is 11.1 Å². The van der Waals surface area contributed by atoms with Gasteiger partial charge in [-0.05, 0) is 41.5 Å².